The van der Waals surface area contributed by atoms with Crippen LogP contribution in [0.2, 0.25) is 0 Å². The first-order valence-electron chi connectivity index (χ1n) is 9.58. The second-order valence-electron chi connectivity index (χ2n) is 7.72. The summed E-state index contributed by atoms with van der Waals surface area (Å²) in [4.78, 5) is 15.0. The molecule has 3 aromatic rings. The van der Waals surface area contributed by atoms with E-state index < -0.39 is 18.0 Å². The summed E-state index contributed by atoms with van der Waals surface area (Å²) < 4.78 is 29.1. The van der Waals surface area contributed by atoms with E-state index >= 15 is 0 Å². The van der Waals surface area contributed by atoms with Crippen molar-refractivity contribution in [3.63, 3.8) is 0 Å². The molecule has 10 heteroatoms. The van der Waals surface area contributed by atoms with E-state index in [9.17, 15) is 13.6 Å². The minimum absolute atomic E-state index is 0.00251. The number of hydrogen-bond acceptors (Lipinski definition) is 5. The molecule has 0 saturated carbocycles. The molecule has 0 unspecified atom stereocenters. The SMILES string of the molecule is Cn1cc(NC(=O)c2ccc3ccc(N4C[C@@H]5CN[C@@H](C5)C4)nn23)c(C(F)F)n1. The third-order valence-corrected chi connectivity index (χ3v) is 5.59. The van der Waals surface area contributed by atoms with Crippen molar-refractivity contribution >= 4 is 22.9 Å². The van der Waals surface area contributed by atoms with E-state index in [-0.39, 0.29) is 11.4 Å². The van der Waals surface area contributed by atoms with Gasteiger partial charge >= 0.3 is 0 Å². The monoisotopic (exact) mass is 401 g/mol. The zero-order valence-electron chi connectivity index (χ0n) is 15.8. The zero-order valence-corrected chi connectivity index (χ0v) is 15.8. The van der Waals surface area contributed by atoms with Gasteiger partial charge in [-0.2, -0.15) is 5.10 Å². The number of nitrogens with zero attached hydrogens (tertiary/aromatic N) is 5. The van der Waals surface area contributed by atoms with Gasteiger partial charge in [-0.15, -0.1) is 5.10 Å². The molecule has 2 N–H and O–H groups in total. The summed E-state index contributed by atoms with van der Waals surface area (Å²) in [6.07, 6.45) is -0.221. The third-order valence-electron chi connectivity index (χ3n) is 5.59. The third kappa shape index (κ3) is 3.23. The van der Waals surface area contributed by atoms with Gasteiger partial charge in [0.15, 0.2) is 5.69 Å². The number of halogens is 2. The lowest BCUT2D eigenvalue weighted by atomic mass is 10.0. The van der Waals surface area contributed by atoms with Gasteiger partial charge in [-0.05, 0) is 36.6 Å². The van der Waals surface area contributed by atoms with Gasteiger partial charge in [0.05, 0.1) is 11.2 Å². The number of alkyl halides is 2. The molecule has 2 bridgehead atoms. The Balaban J connectivity index is 1.44. The maximum Gasteiger partial charge on any atom is 0.284 e. The highest BCUT2D eigenvalue weighted by Gasteiger charge is 2.33. The van der Waals surface area contributed by atoms with Crippen LogP contribution >= 0.6 is 0 Å². The number of nitrogens with one attached hydrogen (secondary N) is 2. The maximum atomic E-state index is 13.2. The van der Waals surface area contributed by atoms with E-state index in [1.165, 1.54) is 24.3 Å². The quantitative estimate of drug-likeness (QED) is 0.700. The van der Waals surface area contributed by atoms with Gasteiger partial charge in [0.25, 0.3) is 12.3 Å². The average Bonchev–Trinajstić information content (AvgIpc) is 3.37. The van der Waals surface area contributed by atoms with Crippen LogP contribution in [-0.4, -0.2) is 51.0 Å². The van der Waals surface area contributed by atoms with Gasteiger partial charge in [-0.25, -0.2) is 13.3 Å². The molecule has 2 aliphatic rings. The smallest absolute Gasteiger partial charge is 0.284 e. The Labute approximate surface area is 165 Å². The Hall–Kier alpha value is -3.01. The predicted molar refractivity (Wildman–Crippen MR) is 103 cm³/mol. The summed E-state index contributed by atoms with van der Waals surface area (Å²) in [5.74, 6) is 0.901. The fourth-order valence-corrected chi connectivity index (χ4v) is 4.29. The van der Waals surface area contributed by atoms with Crippen LogP contribution in [0, 0.1) is 5.92 Å². The zero-order chi connectivity index (χ0) is 20.1. The molecule has 0 spiro atoms. The Bertz CT molecular complexity index is 1060. The number of hydrogen-bond donors (Lipinski definition) is 2. The van der Waals surface area contributed by atoms with E-state index in [0.29, 0.717) is 12.0 Å². The van der Waals surface area contributed by atoms with E-state index in [0.717, 1.165) is 31.0 Å². The fraction of sp³-hybridized carbons (Fsp3) is 0.421. The number of anilines is 2. The molecule has 8 nitrogen and oxygen atoms in total. The predicted octanol–water partition coefficient (Wildman–Crippen LogP) is 2.06. The number of rotatable bonds is 4. The fourth-order valence-electron chi connectivity index (χ4n) is 4.29. The van der Waals surface area contributed by atoms with Gasteiger partial charge < -0.3 is 15.5 Å². The molecular formula is C19H21F2N7O. The van der Waals surface area contributed by atoms with Gasteiger partial charge in [-0.3, -0.25) is 9.48 Å². The molecule has 0 aliphatic carbocycles. The molecule has 152 valence electrons. The van der Waals surface area contributed by atoms with Crippen molar-refractivity contribution in [3.05, 3.63) is 41.9 Å². The number of aryl methyl sites for hydroxylation is 1. The lowest BCUT2D eigenvalue weighted by Gasteiger charge is -2.31. The van der Waals surface area contributed by atoms with Crippen molar-refractivity contribution in [2.75, 3.05) is 29.9 Å². The Kier molecular flexibility index (Phi) is 4.23. The van der Waals surface area contributed by atoms with E-state index in [4.69, 9.17) is 0 Å². The molecule has 0 radical (unpaired) electrons. The molecule has 1 amide bonds. The highest BCUT2D eigenvalue weighted by atomic mass is 19.3. The van der Waals surface area contributed by atoms with Crippen molar-refractivity contribution in [1.29, 1.82) is 0 Å². The van der Waals surface area contributed by atoms with Crippen LogP contribution in [0.4, 0.5) is 20.3 Å². The van der Waals surface area contributed by atoms with Crippen LogP contribution in [0.5, 0.6) is 0 Å². The molecular weight excluding hydrogens is 380 g/mol. The van der Waals surface area contributed by atoms with Crippen LogP contribution in [-0.2, 0) is 7.05 Å². The summed E-state index contributed by atoms with van der Waals surface area (Å²) in [7, 11) is 1.53. The Morgan fingerprint density at radius 2 is 2.07 bits per heavy atom. The number of fused-ring (bicyclic) bond motifs is 3. The lowest BCUT2D eigenvalue weighted by molar-refractivity contribution is 0.101. The number of piperidine rings is 1. The molecule has 3 aromatic heterocycles. The minimum atomic E-state index is -2.77. The van der Waals surface area contributed by atoms with Gasteiger partial charge in [-0.1, -0.05) is 0 Å². The summed E-state index contributed by atoms with van der Waals surface area (Å²) >= 11 is 0. The highest BCUT2D eigenvalue weighted by molar-refractivity contribution is 6.04. The molecule has 5 heterocycles. The minimum Gasteiger partial charge on any atom is -0.353 e. The number of amides is 1. The van der Waals surface area contributed by atoms with Gasteiger partial charge in [0.1, 0.15) is 11.5 Å². The van der Waals surface area contributed by atoms with E-state index in [1.807, 2.05) is 12.1 Å². The Morgan fingerprint density at radius 3 is 2.86 bits per heavy atom. The first-order valence-corrected chi connectivity index (χ1v) is 9.58. The van der Waals surface area contributed by atoms with Crippen LogP contribution in [0.15, 0.2) is 30.5 Å². The van der Waals surface area contributed by atoms with Gasteiger partial charge in [0.2, 0.25) is 0 Å². The van der Waals surface area contributed by atoms with Crippen molar-refractivity contribution in [3.8, 4) is 0 Å². The molecule has 2 atom stereocenters. The first-order chi connectivity index (χ1) is 14.0. The number of carbonyl (C=O) groups is 1. The standard InChI is InChI=1S/C19H21F2N7O/c1-26-10-14(17(25-26)18(20)21)23-19(29)15-4-2-13-3-5-16(24-28(13)15)27-8-11-6-12(9-27)22-7-11/h2-5,10-12,18,22H,6-9H2,1H3,(H,23,29)/t11-,12-/m0/s1. The van der Waals surface area contributed by atoms with Crippen molar-refractivity contribution in [2.45, 2.75) is 18.9 Å². The number of aromatic nitrogens is 4. The highest BCUT2D eigenvalue weighted by Crippen LogP contribution is 2.27. The van der Waals surface area contributed by atoms with Crippen LogP contribution < -0.4 is 15.5 Å². The molecule has 2 saturated heterocycles. The van der Waals surface area contributed by atoms with Crippen molar-refractivity contribution < 1.29 is 13.6 Å². The summed E-state index contributed by atoms with van der Waals surface area (Å²) in [5.41, 5.74) is 0.588. The second kappa shape index (κ2) is 6.80. The largest absolute Gasteiger partial charge is 0.353 e. The normalized spacial score (nSPS) is 21.3. The molecule has 29 heavy (non-hydrogen) atoms. The van der Waals surface area contributed by atoms with Crippen LogP contribution in [0.1, 0.15) is 29.0 Å². The van der Waals surface area contributed by atoms with Crippen LogP contribution in [0.25, 0.3) is 5.52 Å². The molecule has 5 rings (SSSR count). The van der Waals surface area contributed by atoms with Crippen molar-refractivity contribution in [1.82, 2.24) is 24.7 Å². The Morgan fingerprint density at radius 1 is 1.24 bits per heavy atom. The lowest BCUT2D eigenvalue weighted by Crippen LogP contribution is -2.41. The maximum absolute atomic E-state index is 13.2. The van der Waals surface area contributed by atoms with Gasteiger partial charge in [0, 0.05) is 38.9 Å². The van der Waals surface area contributed by atoms with E-state index in [2.05, 4.69) is 25.7 Å². The molecule has 0 aromatic carbocycles. The van der Waals surface area contributed by atoms with E-state index in [1.54, 1.807) is 16.6 Å². The second-order valence-corrected chi connectivity index (χ2v) is 7.72. The van der Waals surface area contributed by atoms with Crippen molar-refractivity contribution in [2.24, 2.45) is 13.0 Å². The molecule has 2 aliphatic heterocycles. The summed E-state index contributed by atoms with van der Waals surface area (Å²) in [6, 6.07) is 7.76. The average molecular weight is 401 g/mol. The summed E-state index contributed by atoms with van der Waals surface area (Å²) in [6.45, 7) is 2.83. The molecule has 2 fully saturated rings. The number of carbonyl (C=O) groups excluding carboxylic acids is 1. The van der Waals surface area contributed by atoms with Crippen LogP contribution in [0.3, 0.4) is 0 Å². The topological polar surface area (TPSA) is 79.5 Å². The summed E-state index contributed by atoms with van der Waals surface area (Å²) in [5, 5.41) is 14.4. The first kappa shape index (κ1) is 18.0.